The molecule has 0 bridgehead atoms. The van der Waals surface area contributed by atoms with Gasteiger partial charge >= 0.3 is 0 Å². The third-order valence-corrected chi connectivity index (χ3v) is 5.41. The lowest BCUT2D eigenvalue weighted by Gasteiger charge is -2.10. The van der Waals surface area contributed by atoms with Crippen LogP contribution in [0.15, 0.2) is 53.4 Å². The smallest absolute Gasteiger partial charge is 0.216 e. The van der Waals surface area contributed by atoms with Crippen LogP contribution in [0.2, 0.25) is 0 Å². The lowest BCUT2D eigenvalue weighted by atomic mass is 10.1. The molecule has 134 valence electrons. The minimum Gasteiger partial charge on any atom is -0.497 e. The van der Waals surface area contributed by atoms with Crippen molar-refractivity contribution in [1.82, 2.24) is 20.6 Å². The van der Waals surface area contributed by atoms with E-state index in [2.05, 4.69) is 20.6 Å². The molecule has 0 atom stereocenters. The van der Waals surface area contributed by atoms with Gasteiger partial charge in [0.15, 0.2) is 0 Å². The molecule has 0 aliphatic carbocycles. The van der Waals surface area contributed by atoms with Crippen LogP contribution in [0, 0.1) is 0 Å². The first-order chi connectivity index (χ1) is 12.6. The molecular weight excluding hydrogens is 356 g/mol. The van der Waals surface area contributed by atoms with Crippen LogP contribution in [0.1, 0.15) is 11.4 Å². The number of rotatable bonds is 6. The number of methoxy groups -OCH3 is 2. The van der Waals surface area contributed by atoms with Crippen LogP contribution in [0.4, 0.5) is 0 Å². The quantitative estimate of drug-likeness (QED) is 0.707. The zero-order chi connectivity index (χ0) is 18.6. The van der Waals surface area contributed by atoms with Gasteiger partial charge in [0, 0.05) is 11.6 Å². The summed E-state index contributed by atoms with van der Waals surface area (Å²) in [5.74, 6) is 1.01. The Kier molecular flexibility index (Phi) is 4.99. The number of ether oxygens (including phenoxy) is 2. The molecule has 0 saturated carbocycles. The van der Waals surface area contributed by atoms with E-state index >= 15 is 0 Å². The van der Waals surface area contributed by atoms with Crippen LogP contribution < -0.4 is 9.47 Å². The molecule has 0 amide bonds. The number of sulfone groups is 1. The van der Waals surface area contributed by atoms with Crippen LogP contribution in [-0.2, 0) is 9.84 Å². The molecule has 3 aromatic rings. The molecule has 3 rings (SSSR count). The Morgan fingerprint density at radius 1 is 1.08 bits per heavy atom. The highest BCUT2D eigenvalue weighted by atomic mass is 32.2. The molecule has 1 N–H and O–H groups in total. The zero-order valence-corrected chi connectivity index (χ0v) is 14.9. The van der Waals surface area contributed by atoms with Gasteiger partial charge in [-0.15, -0.1) is 10.2 Å². The first-order valence-electron chi connectivity index (χ1n) is 7.54. The van der Waals surface area contributed by atoms with Crippen LogP contribution in [-0.4, -0.2) is 43.3 Å². The Balaban J connectivity index is 2.19. The van der Waals surface area contributed by atoms with E-state index in [1.807, 2.05) is 0 Å². The fraction of sp³-hybridized carbons (Fsp3) is 0.118. The minimum absolute atomic E-state index is 0.0354. The highest BCUT2D eigenvalue weighted by Gasteiger charge is 2.26. The van der Waals surface area contributed by atoms with Gasteiger partial charge in [0.05, 0.1) is 19.1 Å². The molecule has 1 aromatic heterocycles. The summed E-state index contributed by atoms with van der Waals surface area (Å²) in [6.07, 6.45) is 1.45. The van der Waals surface area contributed by atoms with Gasteiger partial charge < -0.3 is 9.47 Å². The Labute approximate surface area is 150 Å². The van der Waals surface area contributed by atoms with Crippen molar-refractivity contribution in [3.63, 3.8) is 0 Å². The normalized spacial score (nSPS) is 12.0. The molecule has 2 aromatic carbocycles. The summed E-state index contributed by atoms with van der Waals surface area (Å²) < 4.78 is 36.7. The van der Waals surface area contributed by atoms with Gasteiger partial charge in [-0.1, -0.05) is 18.2 Å². The van der Waals surface area contributed by atoms with Crippen molar-refractivity contribution in [3.8, 4) is 11.5 Å². The molecule has 0 aliphatic rings. The van der Waals surface area contributed by atoms with E-state index in [-0.39, 0.29) is 15.6 Å². The van der Waals surface area contributed by atoms with Crippen molar-refractivity contribution in [2.45, 2.75) is 4.90 Å². The number of benzene rings is 2. The van der Waals surface area contributed by atoms with Crippen LogP contribution in [0.3, 0.4) is 0 Å². The lowest BCUT2D eigenvalue weighted by molar-refractivity contribution is 0.394. The fourth-order valence-electron chi connectivity index (χ4n) is 2.33. The van der Waals surface area contributed by atoms with E-state index < -0.39 is 9.84 Å². The van der Waals surface area contributed by atoms with Crippen molar-refractivity contribution in [1.29, 1.82) is 0 Å². The van der Waals surface area contributed by atoms with Gasteiger partial charge in [-0.3, -0.25) is 0 Å². The summed E-state index contributed by atoms with van der Waals surface area (Å²) in [5.41, 5.74) is 0.535. The van der Waals surface area contributed by atoms with Crippen molar-refractivity contribution in [3.05, 3.63) is 59.9 Å². The molecule has 0 saturated heterocycles. The van der Waals surface area contributed by atoms with E-state index in [1.54, 1.807) is 36.4 Å². The fourth-order valence-corrected chi connectivity index (χ4v) is 3.71. The highest BCUT2D eigenvalue weighted by Crippen LogP contribution is 2.32. The number of aromatic nitrogens is 4. The number of nitrogens with one attached hydrogen (secondary N) is 1. The molecule has 0 radical (unpaired) electrons. The monoisotopic (exact) mass is 372 g/mol. The summed E-state index contributed by atoms with van der Waals surface area (Å²) in [6, 6.07) is 13.1. The Morgan fingerprint density at radius 2 is 1.85 bits per heavy atom. The zero-order valence-electron chi connectivity index (χ0n) is 14.1. The highest BCUT2D eigenvalue weighted by molar-refractivity contribution is 8.00. The Bertz CT molecular complexity index is 1020. The third-order valence-electron chi connectivity index (χ3n) is 3.64. The van der Waals surface area contributed by atoms with Crippen LogP contribution >= 0.6 is 0 Å². The number of H-pyrrole nitrogens is 1. The molecule has 0 unspecified atom stereocenters. The van der Waals surface area contributed by atoms with Gasteiger partial charge in [-0.2, -0.15) is 5.21 Å². The third kappa shape index (κ3) is 3.42. The average molecular weight is 372 g/mol. The summed E-state index contributed by atoms with van der Waals surface area (Å²) >= 11 is 0. The molecule has 1 heterocycles. The molecule has 0 spiro atoms. The maximum Gasteiger partial charge on any atom is 0.216 e. The first-order valence-corrected chi connectivity index (χ1v) is 9.02. The largest absolute Gasteiger partial charge is 0.497 e. The van der Waals surface area contributed by atoms with Crippen LogP contribution in [0.25, 0.3) is 11.0 Å². The predicted octanol–water partition coefficient (Wildman–Crippen LogP) is 2.19. The number of hydrogen-bond donors (Lipinski definition) is 1. The van der Waals surface area contributed by atoms with Crippen molar-refractivity contribution in [2.75, 3.05) is 14.2 Å². The molecule has 0 aliphatic heterocycles. The van der Waals surface area contributed by atoms with Crippen molar-refractivity contribution < 1.29 is 17.9 Å². The second kappa shape index (κ2) is 7.36. The topological polar surface area (TPSA) is 107 Å². The molecular formula is C17H16N4O4S. The van der Waals surface area contributed by atoms with E-state index in [9.17, 15) is 8.42 Å². The minimum atomic E-state index is -3.87. The van der Waals surface area contributed by atoms with E-state index in [4.69, 9.17) is 9.47 Å². The summed E-state index contributed by atoms with van der Waals surface area (Å²) in [5, 5.41) is 13.4. The van der Waals surface area contributed by atoms with E-state index in [1.165, 1.54) is 32.4 Å². The summed E-state index contributed by atoms with van der Waals surface area (Å²) in [6.45, 7) is 0. The first kappa shape index (κ1) is 17.6. The Hall–Kier alpha value is -3.20. The summed E-state index contributed by atoms with van der Waals surface area (Å²) in [7, 11) is -0.845. The number of hydrogen-bond acceptors (Lipinski definition) is 7. The molecule has 26 heavy (non-hydrogen) atoms. The van der Waals surface area contributed by atoms with Crippen molar-refractivity contribution in [2.24, 2.45) is 0 Å². The molecule has 0 fully saturated rings. The number of aromatic amines is 1. The SMILES string of the molecule is COc1ccc(C=C(c2nn[nH]n2)S(=O)(=O)c2ccccc2)c(OC)c1. The van der Waals surface area contributed by atoms with Crippen LogP contribution in [0.5, 0.6) is 11.5 Å². The average Bonchev–Trinajstić information content (AvgIpc) is 3.20. The van der Waals surface area contributed by atoms with E-state index in [0.29, 0.717) is 17.1 Å². The predicted molar refractivity (Wildman–Crippen MR) is 95.2 cm³/mol. The van der Waals surface area contributed by atoms with Gasteiger partial charge in [-0.05, 0) is 35.6 Å². The van der Waals surface area contributed by atoms with Gasteiger partial charge in [-0.25, -0.2) is 8.42 Å². The number of nitrogens with zero attached hydrogens (tertiary/aromatic N) is 3. The van der Waals surface area contributed by atoms with Gasteiger partial charge in [0.2, 0.25) is 15.7 Å². The molecule has 9 heteroatoms. The van der Waals surface area contributed by atoms with Gasteiger partial charge in [0.25, 0.3) is 0 Å². The van der Waals surface area contributed by atoms with E-state index in [0.717, 1.165) is 0 Å². The second-order valence-electron chi connectivity index (χ2n) is 5.17. The standard InChI is InChI=1S/C17H16N4O4S/c1-24-13-9-8-12(15(11-13)25-2)10-16(17-18-20-21-19-17)26(22,23)14-6-4-3-5-7-14/h3-11H,1-2H3,(H,18,19,20,21). The van der Waals surface area contributed by atoms with Crippen molar-refractivity contribution >= 4 is 20.8 Å². The molecule has 8 nitrogen and oxygen atoms in total. The maximum absolute atomic E-state index is 13.1. The summed E-state index contributed by atoms with van der Waals surface area (Å²) in [4.78, 5) is 0.0319. The maximum atomic E-state index is 13.1. The second-order valence-corrected chi connectivity index (χ2v) is 7.09. The Morgan fingerprint density at radius 3 is 2.46 bits per heavy atom. The lowest BCUT2D eigenvalue weighted by Crippen LogP contribution is -2.06. The van der Waals surface area contributed by atoms with Gasteiger partial charge in [0.1, 0.15) is 16.4 Å². The number of tetrazole rings is 1.